The number of nitrogens with one attached hydrogen (secondary N) is 2. The number of benzene rings is 1. The summed E-state index contributed by atoms with van der Waals surface area (Å²) in [6.07, 6.45) is 6.54. The van der Waals surface area contributed by atoms with E-state index in [0.717, 1.165) is 49.0 Å². The summed E-state index contributed by atoms with van der Waals surface area (Å²) < 4.78 is 27.9. The third-order valence-electron chi connectivity index (χ3n) is 6.26. The summed E-state index contributed by atoms with van der Waals surface area (Å²) in [5.74, 6) is 0.536. The van der Waals surface area contributed by atoms with E-state index in [9.17, 15) is 13.2 Å². The maximum absolute atomic E-state index is 13.7. The lowest BCUT2D eigenvalue weighted by Crippen LogP contribution is -2.39. The lowest BCUT2D eigenvalue weighted by atomic mass is 9.98. The second-order valence-electron chi connectivity index (χ2n) is 9.17. The van der Waals surface area contributed by atoms with Gasteiger partial charge in [0.25, 0.3) is 5.91 Å². The van der Waals surface area contributed by atoms with Gasteiger partial charge in [-0.25, -0.2) is 17.9 Å². The molecule has 1 saturated heterocycles. The highest BCUT2D eigenvalue weighted by molar-refractivity contribution is 7.92. The number of carbonyl (C=O) groups excluding carboxylic acids is 1. The van der Waals surface area contributed by atoms with Crippen molar-refractivity contribution in [3.05, 3.63) is 52.3 Å². The second kappa shape index (κ2) is 10.0. The molecular formula is C24H31ClN6O3S. The van der Waals surface area contributed by atoms with E-state index in [1.165, 1.54) is 12.1 Å². The lowest BCUT2D eigenvalue weighted by Gasteiger charge is -2.35. The Bertz CT molecular complexity index is 1360. The summed E-state index contributed by atoms with van der Waals surface area (Å²) in [5, 5.41) is 8.55. The monoisotopic (exact) mass is 518 g/mol. The quantitative estimate of drug-likeness (QED) is 0.471. The van der Waals surface area contributed by atoms with Gasteiger partial charge in [0.1, 0.15) is 5.82 Å². The van der Waals surface area contributed by atoms with Gasteiger partial charge in [-0.3, -0.25) is 9.52 Å². The number of hydrogen-bond donors (Lipinski definition) is 2. The van der Waals surface area contributed by atoms with Crippen LogP contribution in [-0.2, 0) is 10.0 Å². The normalized spacial score (nSPS) is 17.4. The number of fused-ring (bicyclic) bond motifs is 1. The molecular weight excluding hydrogens is 488 g/mol. The average molecular weight is 519 g/mol. The number of anilines is 2. The number of sulfonamides is 1. The number of carbonyl (C=O) groups is 1. The van der Waals surface area contributed by atoms with Gasteiger partial charge >= 0.3 is 0 Å². The number of nitrogens with zero attached hydrogens (tertiary/aromatic N) is 4. The summed E-state index contributed by atoms with van der Waals surface area (Å²) in [7, 11) is -3.57. The summed E-state index contributed by atoms with van der Waals surface area (Å²) in [6.45, 7) is 6.76. The van der Waals surface area contributed by atoms with Crippen molar-refractivity contribution in [2.45, 2.75) is 58.5 Å². The lowest BCUT2D eigenvalue weighted by molar-refractivity contribution is 0.0607. The Kier molecular flexibility index (Phi) is 7.23. The van der Waals surface area contributed by atoms with Crippen LogP contribution in [0, 0.1) is 6.92 Å². The molecule has 0 saturated carbocycles. The van der Waals surface area contributed by atoms with Crippen LogP contribution in [0.5, 0.6) is 0 Å². The predicted octanol–water partition coefficient (Wildman–Crippen LogP) is 4.64. The van der Waals surface area contributed by atoms with Crippen LogP contribution in [0.3, 0.4) is 0 Å². The number of hydrogen-bond acceptors (Lipinski definition) is 6. The van der Waals surface area contributed by atoms with Crippen molar-refractivity contribution in [2.75, 3.05) is 22.8 Å². The van der Waals surface area contributed by atoms with Crippen LogP contribution in [-0.4, -0.2) is 52.7 Å². The van der Waals surface area contributed by atoms with Gasteiger partial charge in [-0.05, 0) is 57.7 Å². The van der Waals surface area contributed by atoms with E-state index in [1.54, 1.807) is 15.5 Å². The number of halogens is 1. The topological polar surface area (TPSA) is 109 Å². The van der Waals surface area contributed by atoms with Crippen molar-refractivity contribution in [1.82, 2.24) is 19.5 Å². The first-order valence-corrected chi connectivity index (χ1v) is 14.0. The van der Waals surface area contributed by atoms with Crippen molar-refractivity contribution >= 4 is 44.7 Å². The van der Waals surface area contributed by atoms with Crippen molar-refractivity contribution in [2.24, 2.45) is 0 Å². The molecule has 35 heavy (non-hydrogen) atoms. The van der Waals surface area contributed by atoms with E-state index < -0.39 is 10.0 Å². The molecule has 1 amide bonds. The van der Waals surface area contributed by atoms with Gasteiger partial charge in [0.15, 0.2) is 5.65 Å². The molecule has 1 aliphatic heterocycles. The standard InChI is InChI=1S/C24H31ClN6O3S/c1-5-16(3)26-23-15(2)14-31-22(27-23)13-20(28-31)21-8-6-7-11-30(21)24(32)18-12-17(25)9-10-19(18)29-35(4,33)34/h9-10,12-14,16,21,29H,5-8,11H2,1-4H3,(H,26,27)/t16-,21+/m1/s1. The van der Waals surface area contributed by atoms with Gasteiger partial charge in [0.05, 0.1) is 29.2 Å². The Labute approximate surface area is 210 Å². The minimum Gasteiger partial charge on any atom is -0.367 e. The van der Waals surface area contributed by atoms with Crippen LogP contribution < -0.4 is 10.0 Å². The second-order valence-corrected chi connectivity index (χ2v) is 11.4. The first-order valence-electron chi connectivity index (χ1n) is 11.8. The van der Waals surface area contributed by atoms with E-state index in [0.29, 0.717) is 23.3 Å². The molecule has 4 rings (SSSR count). The molecule has 0 radical (unpaired) electrons. The zero-order chi connectivity index (χ0) is 25.3. The van der Waals surface area contributed by atoms with E-state index >= 15 is 0 Å². The Morgan fingerprint density at radius 2 is 2.06 bits per heavy atom. The molecule has 1 fully saturated rings. The first-order chi connectivity index (χ1) is 16.6. The summed E-state index contributed by atoms with van der Waals surface area (Å²) in [6, 6.07) is 6.54. The van der Waals surface area contributed by atoms with Crippen molar-refractivity contribution in [3.63, 3.8) is 0 Å². The highest BCUT2D eigenvalue weighted by Gasteiger charge is 2.32. The number of amides is 1. The molecule has 3 aromatic rings. The molecule has 0 unspecified atom stereocenters. The number of aromatic nitrogens is 3. The zero-order valence-corrected chi connectivity index (χ0v) is 21.9. The van der Waals surface area contributed by atoms with Crippen LogP contribution in [0.15, 0.2) is 30.5 Å². The van der Waals surface area contributed by atoms with Crippen molar-refractivity contribution < 1.29 is 13.2 Å². The largest absolute Gasteiger partial charge is 0.367 e. The third kappa shape index (κ3) is 5.70. The highest BCUT2D eigenvalue weighted by Crippen LogP contribution is 2.34. The van der Waals surface area contributed by atoms with Gasteiger partial charge in [-0.1, -0.05) is 18.5 Å². The van der Waals surface area contributed by atoms with Crippen LogP contribution in [0.4, 0.5) is 11.5 Å². The van der Waals surface area contributed by atoms with E-state index in [-0.39, 0.29) is 23.2 Å². The highest BCUT2D eigenvalue weighted by atomic mass is 35.5. The Balaban J connectivity index is 1.69. The Morgan fingerprint density at radius 3 is 2.77 bits per heavy atom. The average Bonchev–Trinajstić information content (AvgIpc) is 3.21. The molecule has 0 aliphatic carbocycles. The molecule has 2 N–H and O–H groups in total. The van der Waals surface area contributed by atoms with Gasteiger partial charge < -0.3 is 10.2 Å². The van der Waals surface area contributed by atoms with Crippen LogP contribution in [0.25, 0.3) is 5.65 Å². The minimum absolute atomic E-state index is 0.208. The molecule has 9 nitrogen and oxygen atoms in total. The van der Waals surface area contributed by atoms with Gasteiger partial charge in [-0.15, -0.1) is 0 Å². The van der Waals surface area contributed by atoms with Crippen molar-refractivity contribution in [1.29, 1.82) is 0 Å². The number of aryl methyl sites for hydroxylation is 1. The molecule has 3 heterocycles. The minimum atomic E-state index is -3.57. The third-order valence-corrected chi connectivity index (χ3v) is 7.08. The molecule has 0 bridgehead atoms. The molecule has 1 aliphatic rings. The Hall–Kier alpha value is -2.85. The molecule has 1 aromatic carbocycles. The maximum Gasteiger partial charge on any atom is 0.256 e. The van der Waals surface area contributed by atoms with Crippen LogP contribution in [0.2, 0.25) is 5.02 Å². The fourth-order valence-electron chi connectivity index (χ4n) is 4.29. The van der Waals surface area contributed by atoms with Gasteiger partial charge in [-0.2, -0.15) is 5.10 Å². The fourth-order valence-corrected chi connectivity index (χ4v) is 5.04. The number of piperidine rings is 1. The molecule has 0 spiro atoms. The first kappa shape index (κ1) is 25.2. The van der Waals surface area contributed by atoms with E-state index in [4.69, 9.17) is 21.7 Å². The summed E-state index contributed by atoms with van der Waals surface area (Å²) >= 11 is 6.18. The molecule has 188 valence electrons. The smallest absolute Gasteiger partial charge is 0.256 e. The molecule has 11 heteroatoms. The predicted molar refractivity (Wildman–Crippen MR) is 139 cm³/mol. The van der Waals surface area contributed by atoms with E-state index in [1.807, 2.05) is 19.2 Å². The molecule has 2 aromatic heterocycles. The zero-order valence-electron chi connectivity index (χ0n) is 20.4. The van der Waals surface area contributed by atoms with Gasteiger partial charge in [0.2, 0.25) is 10.0 Å². The fraction of sp³-hybridized carbons (Fsp3) is 0.458. The number of rotatable bonds is 7. The Morgan fingerprint density at radius 1 is 1.29 bits per heavy atom. The summed E-state index contributed by atoms with van der Waals surface area (Å²) in [5.41, 5.74) is 2.87. The SMILES string of the molecule is CC[C@@H](C)Nc1nc2cc([C@@H]3CCCCN3C(=O)c3cc(Cl)ccc3NS(C)(=O)=O)nn2cc1C. The molecule has 2 atom stereocenters. The van der Waals surface area contributed by atoms with Crippen LogP contribution >= 0.6 is 11.6 Å². The maximum atomic E-state index is 13.7. The number of likely N-dealkylation sites (tertiary alicyclic amines) is 1. The van der Waals surface area contributed by atoms with E-state index in [2.05, 4.69) is 23.9 Å². The summed E-state index contributed by atoms with van der Waals surface area (Å²) in [4.78, 5) is 20.2. The van der Waals surface area contributed by atoms with Gasteiger partial charge in [0, 0.05) is 35.4 Å². The van der Waals surface area contributed by atoms with Crippen molar-refractivity contribution in [3.8, 4) is 0 Å². The van der Waals surface area contributed by atoms with Crippen LogP contribution in [0.1, 0.15) is 67.2 Å².